The topological polar surface area (TPSA) is 9.23 Å². The van der Waals surface area contributed by atoms with Gasteiger partial charge < -0.3 is 4.74 Å². The molecule has 0 saturated carbocycles. The Bertz CT molecular complexity index is 366. The summed E-state index contributed by atoms with van der Waals surface area (Å²) in [4.78, 5) is 0. The molecular weight excluding hydrogens is 196 g/mol. The predicted molar refractivity (Wildman–Crippen MR) is 67.6 cm³/mol. The summed E-state index contributed by atoms with van der Waals surface area (Å²) < 4.78 is 6.00. The normalized spacial score (nSPS) is 27.3. The fraction of sp³-hybridized carbons (Fsp3) is 0.467. The molecule has 2 rings (SSSR count). The zero-order valence-electron chi connectivity index (χ0n) is 10.3. The zero-order valence-corrected chi connectivity index (χ0v) is 10.3. The standard InChI is InChI=1S/C15H20O/c1-11-9-12(2)16-15(10-11)13(3)14-7-5-4-6-8-14/h4-9,12-13,15H,10H2,1-3H3/t12-,13+,15+/m1/s1. The van der Waals surface area contributed by atoms with Crippen molar-refractivity contribution < 1.29 is 4.74 Å². The number of benzene rings is 1. The van der Waals surface area contributed by atoms with E-state index in [-0.39, 0.29) is 6.10 Å². The summed E-state index contributed by atoms with van der Waals surface area (Å²) in [5, 5.41) is 0. The highest BCUT2D eigenvalue weighted by atomic mass is 16.5. The largest absolute Gasteiger partial charge is 0.370 e. The van der Waals surface area contributed by atoms with E-state index in [9.17, 15) is 0 Å². The highest BCUT2D eigenvalue weighted by Gasteiger charge is 2.24. The Morgan fingerprint density at radius 1 is 1.25 bits per heavy atom. The molecular formula is C15H20O. The lowest BCUT2D eigenvalue weighted by atomic mass is 9.89. The second kappa shape index (κ2) is 4.84. The van der Waals surface area contributed by atoms with Gasteiger partial charge in [0.05, 0.1) is 12.2 Å². The van der Waals surface area contributed by atoms with Gasteiger partial charge in [-0.25, -0.2) is 0 Å². The van der Waals surface area contributed by atoms with Crippen molar-refractivity contribution in [1.82, 2.24) is 0 Å². The van der Waals surface area contributed by atoms with E-state index >= 15 is 0 Å². The van der Waals surface area contributed by atoms with E-state index in [1.807, 2.05) is 0 Å². The van der Waals surface area contributed by atoms with E-state index in [0.29, 0.717) is 12.0 Å². The summed E-state index contributed by atoms with van der Waals surface area (Å²) in [5.74, 6) is 0.465. The van der Waals surface area contributed by atoms with Gasteiger partial charge in [0.2, 0.25) is 0 Å². The molecule has 0 unspecified atom stereocenters. The van der Waals surface area contributed by atoms with Gasteiger partial charge in [-0.1, -0.05) is 48.9 Å². The number of hydrogen-bond donors (Lipinski definition) is 0. The Hall–Kier alpha value is -1.08. The second-order valence-electron chi connectivity index (χ2n) is 4.80. The van der Waals surface area contributed by atoms with Gasteiger partial charge in [-0.05, 0) is 25.8 Å². The predicted octanol–water partition coefficient (Wildman–Crippen LogP) is 3.91. The fourth-order valence-corrected chi connectivity index (χ4v) is 2.42. The molecule has 0 aliphatic carbocycles. The molecule has 1 aromatic rings. The van der Waals surface area contributed by atoms with Gasteiger partial charge in [0, 0.05) is 5.92 Å². The highest BCUT2D eigenvalue weighted by Crippen LogP contribution is 2.30. The molecule has 1 heterocycles. The van der Waals surface area contributed by atoms with Crippen LogP contribution in [0.4, 0.5) is 0 Å². The van der Waals surface area contributed by atoms with E-state index in [1.165, 1.54) is 11.1 Å². The van der Waals surface area contributed by atoms with Crippen molar-refractivity contribution in [3.8, 4) is 0 Å². The Labute approximate surface area is 98.1 Å². The van der Waals surface area contributed by atoms with Gasteiger partial charge >= 0.3 is 0 Å². The van der Waals surface area contributed by atoms with Crippen LogP contribution in [0.5, 0.6) is 0 Å². The van der Waals surface area contributed by atoms with Crippen LogP contribution in [0.2, 0.25) is 0 Å². The van der Waals surface area contributed by atoms with Crippen molar-refractivity contribution >= 4 is 0 Å². The molecule has 16 heavy (non-hydrogen) atoms. The van der Waals surface area contributed by atoms with Crippen LogP contribution in [0.3, 0.4) is 0 Å². The van der Waals surface area contributed by atoms with Gasteiger partial charge in [0.1, 0.15) is 0 Å². The maximum Gasteiger partial charge on any atom is 0.0734 e. The maximum absolute atomic E-state index is 6.00. The molecule has 3 atom stereocenters. The van der Waals surface area contributed by atoms with Crippen LogP contribution in [-0.4, -0.2) is 12.2 Å². The molecule has 1 aliphatic heterocycles. The molecule has 0 amide bonds. The SMILES string of the molecule is CC1=C[C@@H](C)O[C@H]([C@@H](C)c2ccccc2)C1. The third-order valence-corrected chi connectivity index (χ3v) is 3.31. The van der Waals surface area contributed by atoms with Gasteiger partial charge in [-0.3, -0.25) is 0 Å². The molecule has 0 fully saturated rings. The van der Waals surface area contributed by atoms with E-state index < -0.39 is 0 Å². The summed E-state index contributed by atoms with van der Waals surface area (Å²) in [7, 11) is 0. The molecule has 1 nitrogen and oxygen atoms in total. The van der Waals surface area contributed by atoms with E-state index in [1.54, 1.807) is 0 Å². The Morgan fingerprint density at radius 3 is 2.56 bits per heavy atom. The summed E-state index contributed by atoms with van der Waals surface area (Å²) >= 11 is 0. The van der Waals surface area contributed by atoms with Crippen LogP contribution in [0.25, 0.3) is 0 Å². The number of hydrogen-bond acceptors (Lipinski definition) is 1. The van der Waals surface area contributed by atoms with E-state index in [4.69, 9.17) is 4.74 Å². The first-order valence-electron chi connectivity index (χ1n) is 6.04. The molecule has 0 spiro atoms. The average Bonchev–Trinajstić information content (AvgIpc) is 2.28. The maximum atomic E-state index is 6.00. The van der Waals surface area contributed by atoms with Crippen LogP contribution in [-0.2, 0) is 4.74 Å². The lowest BCUT2D eigenvalue weighted by molar-refractivity contribution is -0.000553. The lowest BCUT2D eigenvalue weighted by Crippen LogP contribution is -2.28. The van der Waals surface area contributed by atoms with Crippen molar-refractivity contribution in [2.75, 3.05) is 0 Å². The minimum Gasteiger partial charge on any atom is -0.370 e. The van der Waals surface area contributed by atoms with Crippen molar-refractivity contribution in [2.24, 2.45) is 0 Å². The first-order valence-corrected chi connectivity index (χ1v) is 6.04. The summed E-state index contributed by atoms with van der Waals surface area (Å²) in [5.41, 5.74) is 2.82. The minimum atomic E-state index is 0.255. The van der Waals surface area contributed by atoms with Crippen LogP contribution < -0.4 is 0 Å². The molecule has 0 aromatic heterocycles. The summed E-state index contributed by atoms with van der Waals surface area (Å²) in [6.45, 7) is 6.57. The van der Waals surface area contributed by atoms with E-state index in [2.05, 4.69) is 57.2 Å². The van der Waals surface area contributed by atoms with Crippen LogP contribution in [0.15, 0.2) is 42.0 Å². The number of ether oxygens (including phenoxy) is 1. The Kier molecular flexibility index (Phi) is 3.45. The van der Waals surface area contributed by atoms with Gasteiger partial charge in [-0.2, -0.15) is 0 Å². The second-order valence-corrected chi connectivity index (χ2v) is 4.80. The van der Waals surface area contributed by atoms with Gasteiger partial charge in [-0.15, -0.1) is 0 Å². The highest BCUT2D eigenvalue weighted by molar-refractivity contribution is 5.21. The summed E-state index contributed by atoms with van der Waals surface area (Å²) in [6, 6.07) is 10.6. The zero-order chi connectivity index (χ0) is 11.5. The van der Waals surface area contributed by atoms with Crippen molar-refractivity contribution in [2.45, 2.75) is 45.3 Å². The molecule has 0 radical (unpaired) electrons. The number of rotatable bonds is 2. The van der Waals surface area contributed by atoms with Crippen LogP contribution >= 0.6 is 0 Å². The molecule has 0 bridgehead atoms. The molecule has 1 heteroatoms. The Morgan fingerprint density at radius 2 is 1.94 bits per heavy atom. The van der Waals surface area contributed by atoms with Crippen molar-refractivity contribution in [1.29, 1.82) is 0 Å². The van der Waals surface area contributed by atoms with Crippen molar-refractivity contribution in [3.63, 3.8) is 0 Å². The molecule has 1 aliphatic rings. The smallest absolute Gasteiger partial charge is 0.0734 e. The van der Waals surface area contributed by atoms with Crippen molar-refractivity contribution in [3.05, 3.63) is 47.5 Å². The molecule has 1 aromatic carbocycles. The van der Waals surface area contributed by atoms with Gasteiger partial charge in [0.25, 0.3) is 0 Å². The Balaban J connectivity index is 2.12. The fourth-order valence-electron chi connectivity index (χ4n) is 2.42. The lowest BCUT2D eigenvalue weighted by Gasteiger charge is -2.31. The first kappa shape index (κ1) is 11.4. The molecule has 0 N–H and O–H groups in total. The van der Waals surface area contributed by atoms with Gasteiger partial charge in [0.15, 0.2) is 0 Å². The van der Waals surface area contributed by atoms with Crippen LogP contribution in [0.1, 0.15) is 38.7 Å². The third kappa shape index (κ3) is 2.53. The quantitative estimate of drug-likeness (QED) is 0.681. The minimum absolute atomic E-state index is 0.255. The molecule has 86 valence electrons. The van der Waals surface area contributed by atoms with E-state index in [0.717, 1.165) is 6.42 Å². The molecule has 0 saturated heterocycles. The summed E-state index contributed by atoms with van der Waals surface area (Å²) in [6.07, 6.45) is 3.85. The first-order chi connectivity index (χ1) is 7.66. The monoisotopic (exact) mass is 216 g/mol. The average molecular weight is 216 g/mol. The third-order valence-electron chi connectivity index (χ3n) is 3.31. The van der Waals surface area contributed by atoms with Crippen LogP contribution in [0, 0.1) is 0 Å².